The average molecular weight is 557 g/mol. The molecule has 41 heavy (non-hydrogen) atoms. The summed E-state index contributed by atoms with van der Waals surface area (Å²) in [6, 6.07) is 34.7. The highest BCUT2D eigenvalue weighted by Gasteiger charge is 2.16. The van der Waals surface area contributed by atoms with Crippen LogP contribution in [0.15, 0.2) is 114 Å². The molecule has 5 heteroatoms. The number of para-hydroxylation sites is 2. The van der Waals surface area contributed by atoms with Crippen molar-refractivity contribution in [3.63, 3.8) is 0 Å². The molecular formula is C36H29FN2OS. The first-order chi connectivity index (χ1) is 19.8. The summed E-state index contributed by atoms with van der Waals surface area (Å²) in [5, 5.41) is 11.4. The molecule has 0 bridgehead atoms. The van der Waals surface area contributed by atoms with Gasteiger partial charge in [0.1, 0.15) is 16.6 Å². The van der Waals surface area contributed by atoms with Gasteiger partial charge in [-0.1, -0.05) is 81.4 Å². The van der Waals surface area contributed by atoms with Gasteiger partial charge in [-0.25, -0.2) is 9.37 Å². The van der Waals surface area contributed by atoms with E-state index in [-0.39, 0.29) is 17.0 Å². The molecule has 3 nitrogen and oxygen atoms in total. The number of benzene rings is 5. The van der Waals surface area contributed by atoms with E-state index in [0.717, 1.165) is 54.3 Å². The van der Waals surface area contributed by atoms with Gasteiger partial charge in [0.2, 0.25) is 0 Å². The van der Waals surface area contributed by atoms with Crippen LogP contribution < -0.4 is 0 Å². The third-order valence-electron chi connectivity index (χ3n) is 7.14. The van der Waals surface area contributed by atoms with Gasteiger partial charge in [-0.05, 0) is 76.2 Å². The van der Waals surface area contributed by atoms with E-state index in [2.05, 4.69) is 51.1 Å². The van der Waals surface area contributed by atoms with Gasteiger partial charge >= 0.3 is 0 Å². The van der Waals surface area contributed by atoms with Gasteiger partial charge in [-0.15, -0.1) is 11.3 Å². The third-order valence-corrected chi connectivity index (χ3v) is 8.19. The van der Waals surface area contributed by atoms with E-state index in [9.17, 15) is 9.50 Å². The lowest BCUT2D eigenvalue weighted by Crippen LogP contribution is -2.11. The van der Waals surface area contributed by atoms with Crippen molar-refractivity contribution < 1.29 is 9.50 Å². The number of nitrogens with zero attached hydrogens (tertiary/aromatic N) is 2. The van der Waals surface area contributed by atoms with Crippen molar-refractivity contribution in [3.8, 4) is 38.6 Å². The van der Waals surface area contributed by atoms with Gasteiger partial charge in [0, 0.05) is 22.9 Å². The van der Waals surface area contributed by atoms with Gasteiger partial charge in [-0.2, -0.15) is 0 Å². The summed E-state index contributed by atoms with van der Waals surface area (Å²) in [5.74, 6) is -0.0451. The van der Waals surface area contributed by atoms with E-state index in [1.807, 2.05) is 48.5 Å². The highest BCUT2D eigenvalue weighted by Crippen LogP contribution is 2.40. The lowest BCUT2D eigenvalue weighted by atomic mass is 9.86. The summed E-state index contributed by atoms with van der Waals surface area (Å²) in [4.78, 5) is 9.89. The van der Waals surface area contributed by atoms with Crippen LogP contribution in [-0.4, -0.2) is 16.3 Å². The van der Waals surface area contributed by atoms with E-state index in [4.69, 9.17) is 9.98 Å². The first-order valence-corrected chi connectivity index (χ1v) is 14.3. The van der Waals surface area contributed by atoms with Gasteiger partial charge < -0.3 is 5.11 Å². The van der Waals surface area contributed by atoms with E-state index in [1.165, 1.54) is 12.1 Å². The highest BCUT2D eigenvalue weighted by molar-refractivity contribution is 7.21. The molecule has 6 rings (SSSR count). The summed E-state index contributed by atoms with van der Waals surface area (Å²) in [7, 11) is 0. The van der Waals surface area contributed by atoms with E-state index in [0.29, 0.717) is 5.56 Å². The quantitative estimate of drug-likeness (QED) is 0.215. The number of phenols is 1. The average Bonchev–Trinajstić information content (AvgIpc) is 3.41. The van der Waals surface area contributed by atoms with Crippen molar-refractivity contribution in [3.05, 3.63) is 126 Å². The van der Waals surface area contributed by atoms with Crippen LogP contribution in [0.2, 0.25) is 0 Å². The predicted octanol–water partition coefficient (Wildman–Crippen LogP) is 10.2. The zero-order chi connectivity index (χ0) is 28.6. The zero-order valence-electron chi connectivity index (χ0n) is 23.1. The number of aromatic hydroxyl groups is 1. The van der Waals surface area contributed by atoms with Crippen molar-refractivity contribution in [2.45, 2.75) is 26.2 Å². The highest BCUT2D eigenvalue weighted by atomic mass is 32.1. The van der Waals surface area contributed by atoms with Crippen molar-refractivity contribution in [2.75, 3.05) is 0 Å². The van der Waals surface area contributed by atoms with Crippen LogP contribution in [0.5, 0.6) is 5.75 Å². The predicted molar refractivity (Wildman–Crippen MR) is 170 cm³/mol. The minimum atomic E-state index is -0.246. The van der Waals surface area contributed by atoms with Crippen LogP contribution >= 0.6 is 11.3 Å². The number of fused-ring (bicyclic) bond motifs is 1. The Hall–Kier alpha value is -4.61. The minimum absolute atomic E-state index is 0.0363. The molecule has 0 aliphatic carbocycles. The number of rotatable bonds is 5. The summed E-state index contributed by atoms with van der Waals surface area (Å²) < 4.78 is 14.6. The van der Waals surface area contributed by atoms with Crippen LogP contribution in [0, 0.1) is 5.82 Å². The molecule has 0 saturated carbocycles. The van der Waals surface area contributed by atoms with E-state index >= 15 is 0 Å². The summed E-state index contributed by atoms with van der Waals surface area (Å²) in [6.45, 7) is 6.45. The van der Waals surface area contributed by atoms with Crippen molar-refractivity contribution in [1.82, 2.24) is 4.98 Å². The minimum Gasteiger partial charge on any atom is -0.507 e. The Labute approximate surface area is 243 Å². The molecule has 5 aromatic carbocycles. The summed E-state index contributed by atoms with van der Waals surface area (Å²) in [5.41, 5.74) is 8.50. The second-order valence-electron chi connectivity index (χ2n) is 11.1. The second kappa shape index (κ2) is 10.8. The molecule has 1 N–H and O–H groups in total. The topological polar surface area (TPSA) is 45.5 Å². The van der Waals surface area contributed by atoms with Crippen LogP contribution in [0.3, 0.4) is 0 Å². The van der Waals surface area contributed by atoms with E-state index < -0.39 is 0 Å². The Bertz CT molecular complexity index is 1900. The SMILES string of the molecule is CC(C)(C)c1ccc(O)c(C=Nc2ccccc2-c2nc3c(-c4cccc(-c5ccc(F)cc5)c4)cccc3s2)c1. The molecule has 0 aliphatic rings. The normalized spacial score (nSPS) is 11.9. The molecule has 0 radical (unpaired) electrons. The van der Waals surface area contributed by atoms with E-state index in [1.54, 1.807) is 35.8 Å². The molecule has 202 valence electrons. The third kappa shape index (κ3) is 5.54. The Balaban J connectivity index is 1.38. The van der Waals surface area contributed by atoms with Crippen LogP contribution in [-0.2, 0) is 5.41 Å². The molecule has 0 fully saturated rings. The lowest BCUT2D eigenvalue weighted by molar-refractivity contribution is 0.473. The number of aliphatic imine (C=N–C) groups is 1. The smallest absolute Gasteiger partial charge is 0.126 e. The Morgan fingerprint density at radius 3 is 2.29 bits per heavy atom. The maximum atomic E-state index is 13.5. The molecule has 0 amide bonds. The molecule has 0 spiro atoms. The van der Waals surface area contributed by atoms with Gasteiger partial charge in [0.05, 0.1) is 15.9 Å². The molecule has 0 aliphatic heterocycles. The first-order valence-electron chi connectivity index (χ1n) is 13.5. The lowest BCUT2D eigenvalue weighted by Gasteiger charge is -2.19. The summed E-state index contributed by atoms with van der Waals surface area (Å²) >= 11 is 1.63. The number of aromatic nitrogens is 1. The summed E-state index contributed by atoms with van der Waals surface area (Å²) in [6.07, 6.45) is 1.73. The first kappa shape index (κ1) is 26.6. The van der Waals surface area contributed by atoms with Crippen molar-refractivity contribution in [2.24, 2.45) is 4.99 Å². The molecule has 6 aromatic rings. The fourth-order valence-corrected chi connectivity index (χ4v) is 5.86. The molecule has 1 heterocycles. The Morgan fingerprint density at radius 1 is 0.756 bits per heavy atom. The molecular weight excluding hydrogens is 527 g/mol. The van der Waals surface area contributed by atoms with Gasteiger partial charge in [-0.3, -0.25) is 4.99 Å². The standard InChI is InChI=1S/C36H29FN2OS/c1-36(2,3)27-16-19-32(40)26(21-27)22-38-31-12-5-4-10-30(31)35-39-34-29(11-7-13-33(34)41-35)25-9-6-8-24(20-25)23-14-17-28(37)18-15-23/h4-22,40H,1-3H3. The molecule has 1 aromatic heterocycles. The van der Waals surface area contributed by atoms with Gasteiger partial charge in [0.15, 0.2) is 0 Å². The fourth-order valence-electron chi connectivity index (χ4n) is 4.84. The second-order valence-corrected chi connectivity index (χ2v) is 12.1. The number of hydrogen-bond donors (Lipinski definition) is 1. The fraction of sp³-hybridized carbons (Fsp3) is 0.111. The van der Waals surface area contributed by atoms with Gasteiger partial charge in [0.25, 0.3) is 0 Å². The number of thiazole rings is 1. The van der Waals surface area contributed by atoms with Crippen LogP contribution in [0.1, 0.15) is 31.9 Å². The molecule has 0 atom stereocenters. The molecule has 0 unspecified atom stereocenters. The maximum absolute atomic E-state index is 13.5. The molecule has 0 saturated heterocycles. The monoisotopic (exact) mass is 556 g/mol. The Morgan fingerprint density at radius 2 is 1.49 bits per heavy atom. The largest absolute Gasteiger partial charge is 0.507 e. The van der Waals surface area contributed by atoms with Crippen molar-refractivity contribution in [1.29, 1.82) is 0 Å². The van der Waals surface area contributed by atoms with Crippen LogP contribution in [0.25, 0.3) is 43.0 Å². The number of hydrogen-bond acceptors (Lipinski definition) is 4. The number of halogens is 1. The van der Waals surface area contributed by atoms with Crippen molar-refractivity contribution >= 4 is 33.5 Å². The number of phenolic OH excluding ortho intramolecular Hbond substituents is 1. The maximum Gasteiger partial charge on any atom is 0.126 e. The zero-order valence-corrected chi connectivity index (χ0v) is 23.9. The Kier molecular flexibility index (Phi) is 6.98. The van der Waals surface area contributed by atoms with Crippen LogP contribution in [0.4, 0.5) is 10.1 Å².